The maximum absolute atomic E-state index is 7.09. The first-order chi connectivity index (χ1) is 23.1. The number of rotatable bonds is 30. The van der Waals surface area contributed by atoms with Crippen molar-refractivity contribution in [3.05, 3.63) is 57.6 Å². The SMILES string of the molecule is CCCCCCCCc1c(C)c(Oc2ccccc2C)c(CCCCCCCC)c(CCCCCCCC)c1CCCCCCCC. The van der Waals surface area contributed by atoms with Crippen LogP contribution in [0.1, 0.15) is 215 Å². The molecule has 0 aliphatic heterocycles. The zero-order chi connectivity index (χ0) is 34.0. The Bertz CT molecular complexity index is 1050. The van der Waals surface area contributed by atoms with Crippen LogP contribution in [0, 0.1) is 13.8 Å². The van der Waals surface area contributed by atoms with Crippen molar-refractivity contribution in [1.29, 1.82) is 0 Å². The van der Waals surface area contributed by atoms with E-state index in [1.807, 2.05) is 0 Å². The molecule has 0 aliphatic carbocycles. The highest BCUT2D eigenvalue weighted by molar-refractivity contribution is 5.57. The molecule has 0 saturated heterocycles. The van der Waals surface area contributed by atoms with Gasteiger partial charge in [-0.3, -0.25) is 0 Å². The summed E-state index contributed by atoms with van der Waals surface area (Å²) >= 11 is 0. The highest BCUT2D eigenvalue weighted by Crippen LogP contribution is 2.41. The minimum Gasteiger partial charge on any atom is -0.457 e. The van der Waals surface area contributed by atoms with Gasteiger partial charge in [-0.1, -0.05) is 174 Å². The predicted octanol–water partition coefficient (Wildman–Crippen LogP) is 15.7. The minimum absolute atomic E-state index is 1.04. The Balaban J connectivity index is 2.54. The predicted molar refractivity (Wildman–Crippen MR) is 211 cm³/mol. The lowest BCUT2D eigenvalue weighted by molar-refractivity contribution is 0.462. The number of hydrogen-bond donors (Lipinski definition) is 0. The van der Waals surface area contributed by atoms with E-state index in [2.05, 4.69) is 65.8 Å². The van der Waals surface area contributed by atoms with Gasteiger partial charge in [-0.05, 0) is 105 Å². The molecule has 2 aromatic rings. The Morgan fingerprint density at radius 3 is 1.15 bits per heavy atom. The monoisotopic (exact) mass is 647 g/mol. The van der Waals surface area contributed by atoms with Gasteiger partial charge < -0.3 is 4.74 Å². The molecular formula is C46H78O. The molecule has 0 heterocycles. The van der Waals surface area contributed by atoms with Crippen molar-refractivity contribution < 1.29 is 4.74 Å². The summed E-state index contributed by atoms with van der Waals surface area (Å²) in [7, 11) is 0. The van der Waals surface area contributed by atoms with Crippen LogP contribution in [0.4, 0.5) is 0 Å². The normalized spacial score (nSPS) is 11.4. The lowest BCUT2D eigenvalue weighted by Crippen LogP contribution is -2.11. The Kier molecular flexibility index (Phi) is 23.9. The number of ether oxygens (including phenoxy) is 1. The van der Waals surface area contributed by atoms with Gasteiger partial charge in [0.1, 0.15) is 11.5 Å². The molecule has 0 amide bonds. The van der Waals surface area contributed by atoms with Crippen LogP contribution in [0.15, 0.2) is 24.3 Å². The highest BCUT2D eigenvalue weighted by atomic mass is 16.5. The topological polar surface area (TPSA) is 9.23 Å². The Labute approximate surface area is 294 Å². The van der Waals surface area contributed by atoms with Crippen molar-refractivity contribution in [2.24, 2.45) is 0 Å². The standard InChI is InChI=1S/C46H78O/c1-7-11-15-19-23-27-34-41-40(6)46(47-45-38-32-31-33-39(45)5)44(37-30-26-22-18-14-10-4)43(36-29-25-21-17-13-9-3)42(41)35-28-24-20-16-12-8-2/h31-33,38H,7-30,34-37H2,1-6H3. The fourth-order valence-electron chi connectivity index (χ4n) is 7.54. The van der Waals surface area contributed by atoms with Crippen molar-refractivity contribution in [1.82, 2.24) is 0 Å². The van der Waals surface area contributed by atoms with Crippen LogP contribution in [0.3, 0.4) is 0 Å². The van der Waals surface area contributed by atoms with Gasteiger partial charge in [0, 0.05) is 0 Å². The van der Waals surface area contributed by atoms with Gasteiger partial charge in [-0.2, -0.15) is 0 Å². The molecule has 2 rings (SSSR count). The van der Waals surface area contributed by atoms with Crippen molar-refractivity contribution in [3.63, 3.8) is 0 Å². The maximum atomic E-state index is 7.09. The third-order valence-corrected chi connectivity index (χ3v) is 10.6. The Hall–Kier alpha value is -1.76. The van der Waals surface area contributed by atoms with E-state index in [1.165, 1.54) is 197 Å². The van der Waals surface area contributed by atoms with Gasteiger partial charge in [-0.25, -0.2) is 0 Å². The summed E-state index contributed by atoms with van der Waals surface area (Å²) in [5.74, 6) is 2.26. The molecule has 268 valence electrons. The zero-order valence-electron chi connectivity index (χ0n) is 32.5. The molecule has 0 atom stereocenters. The summed E-state index contributed by atoms with van der Waals surface area (Å²) in [6, 6.07) is 8.68. The van der Waals surface area contributed by atoms with Crippen molar-refractivity contribution in [3.8, 4) is 11.5 Å². The van der Waals surface area contributed by atoms with Gasteiger partial charge in [0.2, 0.25) is 0 Å². The molecule has 47 heavy (non-hydrogen) atoms. The third kappa shape index (κ3) is 16.5. The summed E-state index contributed by atoms with van der Waals surface area (Å²) in [6.45, 7) is 13.9. The van der Waals surface area contributed by atoms with Crippen LogP contribution >= 0.6 is 0 Å². The second-order valence-electron chi connectivity index (χ2n) is 14.8. The van der Waals surface area contributed by atoms with Gasteiger partial charge in [0.15, 0.2) is 0 Å². The molecule has 0 aromatic heterocycles. The average molecular weight is 647 g/mol. The zero-order valence-corrected chi connectivity index (χ0v) is 32.5. The van der Waals surface area contributed by atoms with Crippen LogP contribution in [-0.4, -0.2) is 0 Å². The Morgan fingerprint density at radius 1 is 0.383 bits per heavy atom. The summed E-state index contributed by atoms with van der Waals surface area (Å²) in [6.07, 6.45) is 37.5. The van der Waals surface area contributed by atoms with Crippen LogP contribution in [0.25, 0.3) is 0 Å². The smallest absolute Gasteiger partial charge is 0.134 e. The summed E-state index contributed by atoms with van der Waals surface area (Å²) < 4.78 is 7.09. The number of hydrogen-bond acceptors (Lipinski definition) is 1. The van der Waals surface area contributed by atoms with Crippen molar-refractivity contribution >= 4 is 0 Å². The molecule has 1 nitrogen and oxygen atoms in total. The van der Waals surface area contributed by atoms with E-state index >= 15 is 0 Å². The number of para-hydroxylation sites is 1. The molecule has 0 bridgehead atoms. The largest absolute Gasteiger partial charge is 0.457 e. The van der Waals surface area contributed by atoms with E-state index in [1.54, 1.807) is 22.3 Å². The van der Waals surface area contributed by atoms with Gasteiger partial charge in [-0.15, -0.1) is 0 Å². The number of benzene rings is 2. The molecule has 0 unspecified atom stereocenters. The van der Waals surface area contributed by atoms with Crippen LogP contribution < -0.4 is 4.74 Å². The van der Waals surface area contributed by atoms with E-state index in [0.29, 0.717) is 0 Å². The first-order valence-electron chi connectivity index (χ1n) is 21.0. The lowest BCUT2D eigenvalue weighted by atomic mass is 9.82. The van der Waals surface area contributed by atoms with Crippen molar-refractivity contribution in [2.45, 2.75) is 221 Å². The molecule has 0 saturated carbocycles. The van der Waals surface area contributed by atoms with E-state index < -0.39 is 0 Å². The van der Waals surface area contributed by atoms with Crippen molar-refractivity contribution in [2.75, 3.05) is 0 Å². The summed E-state index contributed by atoms with van der Waals surface area (Å²) in [5.41, 5.74) is 9.38. The first-order valence-corrected chi connectivity index (χ1v) is 21.0. The first kappa shape index (κ1) is 41.4. The van der Waals surface area contributed by atoms with Crippen LogP contribution in [-0.2, 0) is 25.7 Å². The molecule has 2 aromatic carbocycles. The van der Waals surface area contributed by atoms with Gasteiger partial charge in [0.05, 0.1) is 0 Å². The summed E-state index contributed by atoms with van der Waals surface area (Å²) in [4.78, 5) is 0. The quantitative estimate of drug-likeness (QED) is 0.0767. The molecule has 0 fully saturated rings. The molecule has 0 aliphatic rings. The highest BCUT2D eigenvalue weighted by Gasteiger charge is 2.23. The second kappa shape index (κ2) is 27.1. The number of aryl methyl sites for hydroxylation is 1. The third-order valence-electron chi connectivity index (χ3n) is 10.6. The maximum Gasteiger partial charge on any atom is 0.134 e. The van der Waals surface area contributed by atoms with E-state index in [9.17, 15) is 0 Å². The van der Waals surface area contributed by atoms with E-state index in [0.717, 1.165) is 5.75 Å². The average Bonchev–Trinajstić information content (AvgIpc) is 3.07. The van der Waals surface area contributed by atoms with E-state index in [-0.39, 0.29) is 0 Å². The molecule has 0 radical (unpaired) electrons. The van der Waals surface area contributed by atoms with Gasteiger partial charge in [0.25, 0.3) is 0 Å². The number of unbranched alkanes of at least 4 members (excludes halogenated alkanes) is 20. The molecule has 0 spiro atoms. The summed E-state index contributed by atoms with van der Waals surface area (Å²) in [5, 5.41) is 0. The molecular weight excluding hydrogens is 569 g/mol. The van der Waals surface area contributed by atoms with Gasteiger partial charge >= 0.3 is 0 Å². The molecule has 1 heteroatoms. The fraction of sp³-hybridized carbons (Fsp3) is 0.739. The van der Waals surface area contributed by atoms with Crippen LogP contribution in [0.2, 0.25) is 0 Å². The minimum atomic E-state index is 1.04. The van der Waals surface area contributed by atoms with E-state index in [4.69, 9.17) is 4.74 Å². The fourth-order valence-corrected chi connectivity index (χ4v) is 7.54. The second-order valence-corrected chi connectivity index (χ2v) is 14.8. The lowest BCUT2D eigenvalue weighted by Gasteiger charge is -2.26. The van der Waals surface area contributed by atoms with Crippen LogP contribution in [0.5, 0.6) is 11.5 Å². The Morgan fingerprint density at radius 2 is 0.723 bits per heavy atom. The molecule has 0 N–H and O–H groups in total.